The summed E-state index contributed by atoms with van der Waals surface area (Å²) < 4.78 is 26.8. The second kappa shape index (κ2) is 15.5. The largest absolute Gasteiger partial charge is 0.459 e. The van der Waals surface area contributed by atoms with Crippen molar-refractivity contribution in [3.05, 3.63) is 99.7 Å². The molecule has 0 aliphatic carbocycles. The molecule has 0 fully saturated rings. The van der Waals surface area contributed by atoms with Crippen LogP contribution in [-0.2, 0) is 37.3 Å². The Balaban J connectivity index is 1.66. The van der Waals surface area contributed by atoms with Crippen LogP contribution in [0.4, 0.5) is 0 Å². The molecule has 10 nitrogen and oxygen atoms in total. The molecule has 1 aliphatic heterocycles. The van der Waals surface area contributed by atoms with Crippen molar-refractivity contribution in [3.8, 4) is 5.69 Å². The fourth-order valence-electron chi connectivity index (χ4n) is 5.22. The number of rotatable bonds is 15. The maximum absolute atomic E-state index is 14.0. The van der Waals surface area contributed by atoms with Gasteiger partial charge in [-0.3, -0.25) is 14.3 Å². The topological polar surface area (TPSA) is 113 Å². The molecule has 1 aliphatic rings. The van der Waals surface area contributed by atoms with E-state index in [1.807, 2.05) is 86.2 Å². The summed E-state index contributed by atoms with van der Waals surface area (Å²) in [6.07, 6.45) is 1.51. The third kappa shape index (κ3) is 7.57. The Kier molecular flexibility index (Phi) is 11.5. The number of carbonyl (C=O) groups excluding carboxylic acids is 1. The van der Waals surface area contributed by atoms with Crippen LogP contribution in [0.15, 0.2) is 77.3 Å². The first-order valence-electron chi connectivity index (χ1n) is 14.4. The van der Waals surface area contributed by atoms with Crippen LogP contribution in [0.25, 0.3) is 5.69 Å². The number of hydrogen-bond donors (Lipinski definition) is 2. The lowest BCUT2D eigenvalue weighted by Gasteiger charge is -2.36. The highest BCUT2D eigenvalue weighted by Gasteiger charge is 2.41. The van der Waals surface area contributed by atoms with E-state index in [4.69, 9.17) is 24.1 Å². The number of para-hydroxylation sites is 1. The number of aliphatic hydroxyl groups is 1. The zero-order valence-electron chi connectivity index (χ0n) is 24.5. The van der Waals surface area contributed by atoms with E-state index in [1.165, 1.54) is 0 Å². The van der Waals surface area contributed by atoms with Crippen molar-refractivity contribution >= 4 is 5.91 Å². The van der Waals surface area contributed by atoms with E-state index in [9.17, 15) is 9.59 Å². The van der Waals surface area contributed by atoms with Gasteiger partial charge in [0.15, 0.2) is 5.76 Å². The van der Waals surface area contributed by atoms with E-state index in [0.29, 0.717) is 45.0 Å². The van der Waals surface area contributed by atoms with Crippen molar-refractivity contribution in [3.63, 3.8) is 0 Å². The second-order valence-corrected chi connectivity index (χ2v) is 10.0. The lowest BCUT2D eigenvalue weighted by atomic mass is 9.81. The minimum absolute atomic E-state index is 0.0400. The molecule has 2 N–H and O–H groups in total. The zero-order chi connectivity index (χ0) is 29.9. The molecule has 0 radical (unpaired) electrons. The molecular formula is C32H41N3O7. The van der Waals surface area contributed by atoms with Gasteiger partial charge in [-0.2, -0.15) is 0 Å². The first-order chi connectivity index (χ1) is 20.5. The van der Waals surface area contributed by atoms with Crippen LogP contribution in [0.2, 0.25) is 0 Å². The second-order valence-electron chi connectivity index (χ2n) is 10.0. The van der Waals surface area contributed by atoms with Crippen LogP contribution in [0.1, 0.15) is 36.1 Å². The zero-order valence-corrected chi connectivity index (χ0v) is 24.5. The van der Waals surface area contributed by atoms with Crippen molar-refractivity contribution in [1.29, 1.82) is 0 Å². The van der Waals surface area contributed by atoms with Crippen LogP contribution in [0, 0.1) is 12.8 Å². The molecule has 226 valence electrons. The number of benzene rings is 2. The monoisotopic (exact) mass is 579 g/mol. The van der Waals surface area contributed by atoms with E-state index in [1.54, 1.807) is 10.8 Å². The predicted octanol–water partition coefficient (Wildman–Crippen LogP) is 3.19. The van der Waals surface area contributed by atoms with Crippen molar-refractivity contribution in [2.24, 2.45) is 13.0 Å². The number of amides is 1. The number of hydrogen-bond acceptors (Lipinski definition) is 7. The molecule has 0 unspecified atom stereocenters. The lowest BCUT2D eigenvalue weighted by Crippen LogP contribution is -2.40. The number of ether oxygens (including phenoxy) is 4. The molecule has 42 heavy (non-hydrogen) atoms. The molecule has 0 saturated heterocycles. The summed E-state index contributed by atoms with van der Waals surface area (Å²) in [6, 6.07) is 19.1. The summed E-state index contributed by atoms with van der Waals surface area (Å²) in [6.45, 7) is 5.81. The fraction of sp³-hybridized carbons (Fsp3) is 0.438. The van der Waals surface area contributed by atoms with Crippen LogP contribution < -0.4 is 10.9 Å². The quantitative estimate of drug-likeness (QED) is 0.266. The number of aliphatic hydroxyl groups excluding tert-OH is 1. The minimum Gasteiger partial charge on any atom is -0.459 e. The highest BCUT2D eigenvalue weighted by atomic mass is 16.7. The van der Waals surface area contributed by atoms with Gasteiger partial charge in [0.25, 0.3) is 11.5 Å². The Morgan fingerprint density at radius 3 is 2.33 bits per heavy atom. The molecule has 2 aromatic carbocycles. The van der Waals surface area contributed by atoms with Gasteiger partial charge in [0.05, 0.1) is 32.1 Å². The molecule has 0 spiro atoms. The molecule has 1 aromatic heterocycles. The van der Waals surface area contributed by atoms with Crippen molar-refractivity contribution in [2.75, 3.05) is 39.6 Å². The van der Waals surface area contributed by atoms with Crippen LogP contribution in [-0.4, -0.2) is 66.3 Å². The van der Waals surface area contributed by atoms with E-state index in [0.717, 1.165) is 16.9 Å². The molecule has 1 amide bonds. The number of aromatic nitrogens is 2. The van der Waals surface area contributed by atoms with Crippen LogP contribution in [0.3, 0.4) is 0 Å². The summed E-state index contributed by atoms with van der Waals surface area (Å²) in [5, 5.41) is 11.8. The molecule has 4 rings (SSSR count). The normalized spacial score (nSPS) is 18.4. The number of nitrogens with zero attached hydrogens (tertiary/aromatic N) is 2. The van der Waals surface area contributed by atoms with Gasteiger partial charge in [0.1, 0.15) is 0 Å². The first-order valence-corrected chi connectivity index (χ1v) is 14.4. The van der Waals surface area contributed by atoms with Gasteiger partial charge in [-0.05, 0) is 44.0 Å². The van der Waals surface area contributed by atoms with E-state index >= 15 is 0 Å². The molecular weight excluding hydrogens is 538 g/mol. The summed E-state index contributed by atoms with van der Waals surface area (Å²) in [4.78, 5) is 27.4. The average molecular weight is 580 g/mol. The highest BCUT2D eigenvalue weighted by Crippen LogP contribution is 2.39. The Bertz CT molecular complexity index is 1370. The standard InChI is InChI=1S/C32H41N3O7/c1-4-41-32-26(15-17-39-19-20-40-18-16-36)27(21-28(42-32)30(37)33-22-24-11-7-5-8-12-24)29-23(2)34(3)35(31(29)38)25-13-9-6-10-14-25/h5-14,21,26-27,32,36H,4,15-20,22H2,1-3H3,(H,33,37)/t26-,27-,32+/m0/s1. The molecule has 0 bridgehead atoms. The molecule has 3 aromatic rings. The Hall–Kier alpha value is -3.70. The highest BCUT2D eigenvalue weighted by molar-refractivity contribution is 5.91. The van der Waals surface area contributed by atoms with Gasteiger partial charge < -0.3 is 29.4 Å². The third-order valence-corrected chi connectivity index (χ3v) is 7.37. The molecule has 10 heteroatoms. The van der Waals surface area contributed by atoms with E-state index < -0.39 is 12.2 Å². The smallest absolute Gasteiger partial charge is 0.286 e. The lowest BCUT2D eigenvalue weighted by molar-refractivity contribution is -0.168. The molecule has 0 saturated carbocycles. The number of carbonyl (C=O) groups is 1. The molecule has 3 atom stereocenters. The van der Waals surface area contributed by atoms with Crippen molar-refractivity contribution < 1.29 is 28.8 Å². The van der Waals surface area contributed by atoms with Crippen molar-refractivity contribution in [1.82, 2.24) is 14.7 Å². The van der Waals surface area contributed by atoms with Crippen LogP contribution in [0.5, 0.6) is 0 Å². The Labute approximate surface area is 246 Å². The van der Waals surface area contributed by atoms with Gasteiger partial charge in [0.2, 0.25) is 6.29 Å². The number of allylic oxidation sites excluding steroid dienone is 1. The maximum atomic E-state index is 14.0. The van der Waals surface area contributed by atoms with Gasteiger partial charge >= 0.3 is 0 Å². The Morgan fingerprint density at radius 2 is 1.67 bits per heavy atom. The fourth-order valence-corrected chi connectivity index (χ4v) is 5.22. The van der Waals surface area contributed by atoms with Crippen molar-refractivity contribution in [2.45, 2.75) is 39.0 Å². The first kappa shape index (κ1) is 31.2. The van der Waals surface area contributed by atoms with Gasteiger partial charge in [-0.1, -0.05) is 48.5 Å². The van der Waals surface area contributed by atoms with Gasteiger partial charge in [-0.15, -0.1) is 0 Å². The number of nitrogens with one attached hydrogen (secondary N) is 1. The SMILES string of the molecule is CCO[C@@H]1OC(C(=O)NCc2ccccc2)=C[C@H](c2c(C)n(C)n(-c3ccccc3)c2=O)[C@@H]1CCOCCOCCO. The summed E-state index contributed by atoms with van der Waals surface area (Å²) >= 11 is 0. The van der Waals surface area contributed by atoms with Gasteiger partial charge in [-0.25, -0.2) is 4.68 Å². The maximum Gasteiger partial charge on any atom is 0.286 e. The third-order valence-electron chi connectivity index (χ3n) is 7.37. The average Bonchev–Trinajstić information content (AvgIpc) is 3.23. The summed E-state index contributed by atoms with van der Waals surface area (Å²) in [5.74, 6) is -1.02. The van der Waals surface area contributed by atoms with Crippen LogP contribution >= 0.6 is 0 Å². The van der Waals surface area contributed by atoms with E-state index in [-0.39, 0.29) is 36.4 Å². The predicted molar refractivity (Wildman–Crippen MR) is 158 cm³/mol. The summed E-state index contributed by atoms with van der Waals surface area (Å²) in [5.41, 5.74) is 2.92. The Morgan fingerprint density at radius 1 is 1.00 bits per heavy atom. The minimum atomic E-state index is -0.763. The van der Waals surface area contributed by atoms with Gasteiger partial charge in [0, 0.05) is 49.9 Å². The van der Waals surface area contributed by atoms with E-state index in [2.05, 4.69) is 5.32 Å². The molecule has 2 heterocycles. The summed E-state index contributed by atoms with van der Waals surface area (Å²) in [7, 11) is 1.86.